The van der Waals surface area contributed by atoms with Gasteiger partial charge in [0.2, 0.25) is 0 Å². The molecule has 0 fully saturated rings. The summed E-state index contributed by atoms with van der Waals surface area (Å²) in [4.78, 5) is 0.662. The Hall–Kier alpha value is -1.09. The first-order valence-corrected chi connectivity index (χ1v) is 3.93. The molecule has 0 aliphatic rings. The van der Waals surface area contributed by atoms with E-state index >= 15 is 0 Å². The van der Waals surface area contributed by atoms with Crippen LogP contribution < -0.4 is 10.5 Å². The van der Waals surface area contributed by atoms with E-state index in [-0.39, 0.29) is 0 Å². The number of ether oxygens (including phenoxy) is 1. The van der Waals surface area contributed by atoms with Crippen LogP contribution in [0, 0.1) is 0 Å². The molecule has 0 amide bonds. The molecule has 64 valence electrons. The Labute approximate surface area is 77.4 Å². The zero-order valence-corrected chi connectivity index (χ0v) is 7.77. The van der Waals surface area contributed by atoms with Crippen LogP contribution in [0.15, 0.2) is 23.6 Å². The van der Waals surface area contributed by atoms with Gasteiger partial charge in [-0.25, -0.2) is 0 Å². The number of nitrogen functional groups attached to an aromatic ring is 1. The van der Waals surface area contributed by atoms with Gasteiger partial charge in [0.25, 0.3) is 0 Å². The SMILES string of the molecule is C=Cc1ccc(OC)c(S)c1N. The fraction of sp³-hybridized carbons (Fsp3) is 0.111. The van der Waals surface area contributed by atoms with Gasteiger partial charge in [-0.3, -0.25) is 0 Å². The Morgan fingerprint density at radius 1 is 1.58 bits per heavy atom. The number of nitrogens with two attached hydrogens (primary N) is 1. The topological polar surface area (TPSA) is 35.2 Å². The number of methoxy groups -OCH3 is 1. The number of benzene rings is 1. The summed E-state index contributed by atoms with van der Waals surface area (Å²) >= 11 is 4.22. The summed E-state index contributed by atoms with van der Waals surface area (Å²) in [6.07, 6.45) is 1.69. The first kappa shape index (κ1) is 9.00. The second kappa shape index (κ2) is 3.54. The number of hydrogen-bond donors (Lipinski definition) is 2. The molecule has 2 N–H and O–H groups in total. The Balaban J connectivity index is 3.29. The van der Waals surface area contributed by atoms with Crippen molar-refractivity contribution in [2.24, 2.45) is 0 Å². The predicted octanol–water partition coefficient (Wildman–Crippen LogP) is 2.21. The van der Waals surface area contributed by atoms with Gasteiger partial charge >= 0.3 is 0 Å². The van der Waals surface area contributed by atoms with Crippen molar-refractivity contribution in [3.63, 3.8) is 0 Å². The summed E-state index contributed by atoms with van der Waals surface area (Å²) < 4.78 is 5.03. The molecular weight excluding hydrogens is 170 g/mol. The highest BCUT2D eigenvalue weighted by molar-refractivity contribution is 7.80. The van der Waals surface area contributed by atoms with Gasteiger partial charge in [-0.1, -0.05) is 12.7 Å². The van der Waals surface area contributed by atoms with Gasteiger partial charge in [-0.15, -0.1) is 12.6 Å². The molecule has 1 rings (SSSR count). The molecule has 0 aromatic heterocycles. The van der Waals surface area contributed by atoms with Gasteiger partial charge in [0.15, 0.2) is 0 Å². The van der Waals surface area contributed by atoms with Gasteiger partial charge in [-0.05, 0) is 17.7 Å². The summed E-state index contributed by atoms with van der Waals surface area (Å²) in [7, 11) is 1.59. The fourth-order valence-corrected chi connectivity index (χ4v) is 1.24. The maximum atomic E-state index is 5.74. The molecule has 0 aliphatic carbocycles. The molecule has 1 aromatic rings. The number of rotatable bonds is 2. The average Bonchev–Trinajstić information content (AvgIpc) is 2.10. The highest BCUT2D eigenvalue weighted by Crippen LogP contribution is 2.31. The van der Waals surface area contributed by atoms with E-state index in [1.807, 2.05) is 12.1 Å². The van der Waals surface area contributed by atoms with Crippen LogP contribution in [0.2, 0.25) is 0 Å². The highest BCUT2D eigenvalue weighted by atomic mass is 32.1. The predicted molar refractivity (Wildman–Crippen MR) is 54.7 cm³/mol. The molecule has 0 unspecified atom stereocenters. The summed E-state index contributed by atoms with van der Waals surface area (Å²) in [5.41, 5.74) is 7.22. The minimum absolute atomic E-state index is 0.604. The van der Waals surface area contributed by atoms with Crippen molar-refractivity contribution in [1.82, 2.24) is 0 Å². The van der Waals surface area contributed by atoms with E-state index in [1.54, 1.807) is 13.2 Å². The van der Waals surface area contributed by atoms with Crippen molar-refractivity contribution >= 4 is 24.4 Å². The van der Waals surface area contributed by atoms with Crippen LogP contribution in [0.5, 0.6) is 5.75 Å². The van der Waals surface area contributed by atoms with Crippen LogP contribution in [0.3, 0.4) is 0 Å². The fourth-order valence-electron chi connectivity index (χ4n) is 0.946. The number of hydrogen-bond acceptors (Lipinski definition) is 3. The Morgan fingerprint density at radius 2 is 2.25 bits per heavy atom. The second-order valence-electron chi connectivity index (χ2n) is 2.32. The van der Waals surface area contributed by atoms with Crippen molar-refractivity contribution in [2.75, 3.05) is 12.8 Å². The minimum atomic E-state index is 0.604. The molecule has 0 saturated heterocycles. The molecule has 0 saturated carbocycles. The summed E-state index contributed by atoms with van der Waals surface area (Å²) in [5, 5.41) is 0. The lowest BCUT2D eigenvalue weighted by atomic mass is 10.1. The maximum Gasteiger partial charge on any atom is 0.134 e. The summed E-state index contributed by atoms with van der Waals surface area (Å²) in [6, 6.07) is 3.66. The van der Waals surface area contributed by atoms with Crippen molar-refractivity contribution in [2.45, 2.75) is 4.90 Å². The molecule has 0 heterocycles. The average molecular weight is 181 g/mol. The smallest absolute Gasteiger partial charge is 0.134 e. The number of anilines is 1. The summed E-state index contributed by atoms with van der Waals surface area (Å²) in [5.74, 6) is 0.682. The maximum absolute atomic E-state index is 5.74. The molecule has 0 atom stereocenters. The molecule has 12 heavy (non-hydrogen) atoms. The van der Waals surface area contributed by atoms with Crippen LogP contribution in [0.1, 0.15) is 5.56 Å². The second-order valence-corrected chi connectivity index (χ2v) is 2.77. The van der Waals surface area contributed by atoms with Crippen LogP contribution in [0.4, 0.5) is 5.69 Å². The molecule has 0 radical (unpaired) electrons. The Kier molecular flexibility index (Phi) is 2.65. The van der Waals surface area contributed by atoms with Crippen molar-refractivity contribution in [3.05, 3.63) is 24.3 Å². The molecule has 1 aromatic carbocycles. The van der Waals surface area contributed by atoms with Crippen LogP contribution in [-0.4, -0.2) is 7.11 Å². The molecule has 0 aliphatic heterocycles. The number of thiol groups is 1. The van der Waals surface area contributed by atoms with E-state index in [1.165, 1.54) is 0 Å². The Bertz CT molecular complexity index is 310. The quantitative estimate of drug-likeness (QED) is 0.542. The van der Waals surface area contributed by atoms with Crippen LogP contribution in [-0.2, 0) is 0 Å². The Morgan fingerprint density at radius 3 is 2.75 bits per heavy atom. The third-order valence-electron chi connectivity index (χ3n) is 1.65. The third-order valence-corrected chi connectivity index (χ3v) is 2.11. The lowest BCUT2D eigenvalue weighted by Gasteiger charge is -2.08. The monoisotopic (exact) mass is 181 g/mol. The van der Waals surface area contributed by atoms with Gasteiger partial charge in [-0.2, -0.15) is 0 Å². The van der Waals surface area contributed by atoms with Crippen LogP contribution >= 0.6 is 12.6 Å². The molecule has 3 heteroatoms. The standard InChI is InChI=1S/C9H11NOS/c1-3-6-4-5-7(11-2)9(12)8(6)10/h3-5,12H,1,10H2,2H3. The van der Waals surface area contributed by atoms with Gasteiger partial charge in [0, 0.05) is 0 Å². The molecule has 2 nitrogen and oxygen atoms in total. The van der Waals surface area contributed by atoms with E-state index in [9.17, 15) is 0 Å². The van der Waals surface area contributed by atoms with E-state index in [4.69, 9.17) is 10.5 Å². The molecule has 0 spiro atoms. The van der Waals surface area contributed by atoms with Gasteiger partial charge < -0.3 is 10.5 Å². The zero-order chi connectivity index (χ0) is 9.14. The lowest BCUT2D eigenvalue weighted by Crippen LogP contribution is -1.94. The van der Waals surface area contributed by atoms with E-state index < -0.39 is 0 Å². The van der Waals surface area contributed by atoms with Crippen molar-refractivity contribution in [1.29, 1.82) is 0 Å². The third kappa shape index (κ3) is 1.41. The van der Waals surface area contributed by atoms with E-state index in [0.717, 1.165) is 5.56 Å². The van der Waals surface area contributed by atoms with Crippen LogP contribution in [0.25, 0.3) is 6.08 Å². The molecule has 0 bridgehead atoms. The zero-order valence-electron chi connectivity index (χ0n) is 6.87. The largest absolute Gasteiger partial charge is 0.496 e. The van der Waals surface area contributed by atoms with E-state index in [2.05, 4.69) is 19.2 Å². The van der Waals surface area contributed by atoms with E-state index in [0.29, 0.717) is 16.3 Å². The molecular formula is C9H11NOS. The van der Waals surface area contributed by atoms with Crippen molar-refractivity contribution < 1.29 is 4.74 Å². The minimum Gasteiger partial charge on any atom is -0.496 e. The normalized spacial score (nSPS) is 9.50. The highest BCUT2D eigenvalue weighted by Gasteiger charge is 2.04. The van der Waals surface area contributed by atoms with Gasteiger partial charge in [0.05, 0.1) is 17.7 Å². The summed E-state index contributed by atoms with van der Waals surface area (Å²) in [6.45, 7) is 3.63. The first-order chi connectivity index (χ1) is 5.70. The van der Waals surface area contributed by atoms with Crippen molar-refractivity contribution in [3.8, 4) is 5.75 Å². The first-order valence-electron chi connectivity index (χ1n) is 3.48. The lowest BCUT2D eigenvalue weighted by molar-refractivity contribution is 0.405. The van der Waals surface area contributed by atoms with Gasteiger partial charge in [0.1, 0.15) is 5.75 Å².